The number of thiazole rings is 1. The zero-order valence-electron chi connectivity index (χ0n) is 11.5. The van der Waals surface area contributed by atoms with E-state index in [2.05, 4.69) is 4.98 Å². The normalized spacial score (nSPS) is 23.5. The number of nitrogens with zero attached hydrogens (tertiary/aromatic N) is 2. The number of aromatic nitrogens is 1. The van der Waals surface area contributed by atoms with Gasteiger partial charge in [-0.3, -0.25) is 9.69 Å². The maximum atomic E-state index is 11.8. The Morgan fingerprint density at radius 2 is 2.17 bits per heavy atom. The van der Waals surface area contributed by atoms with Gasteiger partial charge in [-0.2, -0.15) is 0 Å². The van der Waals surface area contributed by atoms with E-state index in [0.29, 0.717) is 15.5 Å². The van der Waals surface area contributed by atoms with E-state index >= 15 is 0 Å². The van der Waals surface area contributed by atoms with Gasteiger partial charge in [0.2, 0.25) is 5.91 Å². The van der Waals surface area contributed by atoms with Crippen molar-refractivity contribution in [2.75, 3.05) is 11.5 Å². The molecule has 122 valence electrons. The molecule has 2 aliphatic rings. The Kier molecular flexibility index (Phi) is 4.36. The number of rotatable bonds is 5. The maximum Gasteiger partial charge on any atom is 0.356 e. The lowest BCUT2D eigenvalue weighted by Crippen LogP contribution is -2.68. The van der Waals surface area contributed by atoms with E-state index in [1.165, 1.54) is 45.3 Å². The average Bonchev–Trinajstić information content (AvgIpc) is 2.99. The molecule has 2 atom stereocenters. The second-order valence-corrected chi connectivity index (χ2v) is 7.98. The third-order valence-electron chi connectivity index (χ3n) is 3.41. The van der Waals surface area contributed by atoms with E-state index in [4.69, 9.17) is 10.8 Å². The number of thioether (sulfide) groups is 2. The molecule has 1 aromatic rings. The number of carboxylic acid groups (broad SMARTS) is 2. The van der Waals surface area contributed by atoms with Crippen LogP contribution in [0.4, 0.5) is 0 Å². The summed E-state index contributed by atoms with van der Waals surface area (Å²) in [6, 6.07) is -0.663. The number of carboxylic acids is 2. The molecular formula is C12H11N3O5S3. The molecule has 0 bridgehead atoms. The average molecular weight is 373 g/mol. The maximum absolute atomic E-state index is 11.8. The summed E-state index contributed by atoms with van der Waals surface area (Å²) in [6.45, 7) is 0. The minimum Gasteiger partial charge on any atom is -0.477 e. The van der Waals surface area contributed by atoms with Crippen molar-refractivity contribution in [2.24, 2.45) is 5.73 Å². The van der Waals surface area contributed by atoms with Crippen LogP contribution < -0.4 is 5.73 Å². The van der Waals surface area contributed by atoms with Crippen LogP contribution in [-0.2, 0) is 9.59 Å². The zero-order chi connectivity index (χ0) is 16.7. The molecule has 0 saturated carbocycles. The standard InChI is InChI=1S/C12H11N3O5S3/c13-5-8(16)15-7(11(19)20)4(1-21-9(5)15)2-22-12-6(10(17)18)14-3-23-12/h3,5,9H,1-2,13H2,(H,17,18)(H,19,20)/t5?,9-/m1/s1. The van der Waals surface area contributed by atoms with Gasteiger partial charge in [-0.15, -0.1) is 34.9 Å². The first-order chi connectivity index (χ1) is 10.9. The Morgan fingerprint density at radius 3 is 2.83 bits per heavy atom. The van der Waals surface area contributed by atoms with Crippen molar-refractivity contribution in [1.82, 2.24) is 9.88 Å². The Hall–Kier alpha value is -1.56. The summed E-state index contributed by atoms with van der Waals surface area (Å²) >= 11 is 3.82. The predicted octanol–water partition coefficient (Wildman–Crippen LogP) is 0.515. The van der Waals surface area contributed by atoms with Crippen molar-refractivity contribution in [1.29, 1.82) is 0 Å². The molecule has 0 radical (unpaired) electrons. The number of nitrogens with two attached hydrogens (primary N) is 1. The largest absolute Gasteiger partial charge is 0.477 e. The van der Waals surface area contributed by atoms with Gasteiger partial charge in [0.05, 0.1) is 9.72 Å². The molecule has 11 heteroatoms. The van der Waals surface area contributed by atoms with E-state index < -0.39 is 23.9 Å². The molecule has 1 saturated heterocycles. The van der Waals surface area contributed by atoms with Crippen LogP contribution in [0, 0.1) is 0 Å². The Morgan fingerprint density at radius 1 is 1.43 bits per heavy atom. The summed E-state index contributed by atoms with van der Waals surface area (Å²) < 4.78 is 0.508. The van der Waals surface area contributed by atoms with E-state index in [1.807, 2.05) is 0 Å². The molecule has 3 heterocycles. The number of aliphatic carboxylic acids is 1. The third-order valence-corrected chi connectivity index (χ3v) is 6.98. The van der Waals surface area contributed by atoms with E-state index in [-0.39, 0.29) is 22.5 Å². The number of hydrogen-bond donors (Lipinski definition) is 3. The van der Waals surface area contributed by atoms with Crippen molar-refractivity contribution in [3.63, 3.8) is 0 Å². The Labute approximate surface area is 142 Å². The van der Waals surface area contributed by atoms with Crippen molar-refractivity contribution < 1.29 is 24.6 Å². The van der Waals surface area contributed by atoms with Crippen molar-refractivity contribution in [2.45, 2.75) is 15.6 Å². The van der Waals surface area contributed by atoms with Gasteiger partial charge < -0.3 is 15.9 Å². The lowest BCUT2D eigenvalue weighted by atomic mass is 10.0. The summed E-state index contributed by atoms with van der Waals surface area (Å²) in [7, 11) is 0. The molecule has 0 aromatic carbocycles. The van der Waals surface area contributed by atoms with Gasteiger partial charge in [0.25, 0.3) is 0 Å². The molecule has 8 nitrogen and oxygen atoms in total. The fraction of sp³-hybridized carbons (Fsp3) is 0.333. The van der Waals surface area contributed by atoms with Crippen LogP contribution >= 0.6 is 34.9 Å². The minimum absolute atomic E-state index is 0.0330. The monoisotopic (exact) mass is 373 g/mol. The van der Waals surface area contributed by atoms with E-state index in [0.717, 1.165) is 0 Å². The Balaban J connectivity index is 1.83. The van der Waals surface area contributed by atoms with Crippen LogP contribution in [-0.4, -0.2) is 60.9 Å². The summed E-state index contributed by atoms with van der Waals surface area (Å²) in [5.41, 5.74) is 7.62. The van der Waals surface area contributed by atoms with Crippen molar-refractivity contribution in [3.05, 3.63) is 22.5 Å². The molecule has 23 heavy (non-hydrogen) atoms. The van der Waals surface area contributed by atoms with Crippen LogP contribution in [0.25, 0.3) is 0 Å². The number of hydrogen-bond acceptors (Lipinski definition) is 8. The summed E-state index contributed by atoms with van der Waals surface area (Å²) in [5, 5.41) is 18.1. The van der Waals surface area contributed by atoms with Crippen molar-refractivity contribution >= 4 is 52.7 Å². The van der Waals surface area contributed by atoms with Gasteiger partial charge in [0.15, 0.2) is 5.69 Å². The molecule has 1 amide bonds. The highest BCUT2D eigenvalue weighted by atomic mass is 32.2. The summed E-state index contributed by atoms with van der Waals surface area (Å²) in [5.74, 6) is -1.97. The molecule has 0 spiro atoms. The topological polar surface area (TPSA) is 134 Å². The van der Waals surface area contributed by atoms with Gasteiger partial charge in [0, 0.05) is 11.5 Å². The van der Waals surface area contributed by atoms with Gasteiger partial charge in [-0.05, 0) is 5.57 Å². The van der Waals surface area contributed by atoms with Crippen LogP contribution in [0.3, 0.4) is 0 Å². The lowest BCUT2D eigenvalue weighted by Gasteiger charge is -2.48. The second kappa shape index (κ2) is 6.15. The first-order valence-electron chi connectivity index (χ1n) is 6.37. The first kappa shape index (κ1) is 16.3. The summed E-state index contributed by atoms with van der Waals surface area (Å²) in [6.07, 6.45) is 0. The van der Waals surface area contributed by atoms with Crippen LogP contribution in [0.1, 0.15) is 10.5 Å². The first-order valence-corrected chi connectivity index (χ1v) is 9.28. The molecule has 2 aliphatic heterocycles. The molecule has 1 aromatic heterocycles. The van der Waals surface area contributed by atoms with Crippen molar-refractivity contribution in [3.8, 4) is 0 Å². The smallest absolute Gasteiger partial charge is 0.356 e. The van der Waals surface area contributed by atoms with Gasteiger partial charge >= 0.3 is 11.9 Å². The molecule has 1 unspecified atom stereocenters. The third kappa shape index (κ3) is 2.73. The number of amides is 1. The van der Waals surface area contributed by atoms with Crippen LogP contribution in [0.2, 0.25) is 0 Å². The predicted molar refractivity (Wildman–Crippen MR) is 85.5 cm³/mol. The SMILES string of the molecule is NC1C(=O)N2C(C(=O)O)=C(CSc3scnc3C(=O)O)CS[C@H]12. The Bertz CT molecular complexity index is 731. The second-order valence-electron chi connectivity index (χ2n) is 4.78. The highest BCUT2D eigenvalue weighted by Crippen LogP contribution is 2.41. The fourth-order valence-corrected chi connectivity index (χ4v) is 5.65. The van der Waals surface area contributed by atoms with Gasteiger partial charge in [0.1, 0.15) is 17.1 Å². The number of β-lactam (4-membered cyclic amide) rings is 1. The van der Waals surface area contributed by atoms with E-state index in [9.17, 15) is 19.5 Å². The highest BCUT2D eigenvalue weighted by molar-refractivity contribution is 8.02. The molecular weight excluding hydrogens is 362 g/mol. The highest BCUT2D eigenvalue weighted by Gasteiger charge is 2.51. The number of carbonyl (C=O) groups excluding carboxylic acids is 1. The number of fused-ring (bicyclic) bond motifs is 1. The molecule has 0 aliphatic carbocycles. The fourth-order valence-electron chi connectivity index (χ4n) is 2.32. The lowest BCUT2D eigenvalue weighted by molar-refractivity contribution is -0.147. The number of carbonyl (C=O) groups is 3. The minimum atomic E-state index is -1.17. The quantitative estimate of drug-likeness (QED) is 0.498. The van der Waals surface area contributed by atoms with Gasteiger partial charge in [-0.25, -0.2) is 14.6 Å². The molecule has 3 rings (SSSR count). The van der Waals surface area contributed by atoms with Crippen LogP contribution in [0.15, 0.2) is 21.0 Å². The van der Waals surface area contributed by atoms with Crippen LogP contribution in [0.5, 0.6) is 0 Å². The zero-order valence-corrected chi connectivity index (χ0v) is 13.9. The molecule has 4 N–H and O–H groups in total. The number of aromatic carboxylic acids is 1. The molecule has 1 fully saturated rings. The van der Waals surface area contributed by atoms with E-state index in [1.54, 1.807) is 0 Å². The van der Waals surface area contributed by atoms with Gasteiger partial charge in [-0.1, -0.05) is 0 Å². The summed E-state index contributed by atoms with van der Waals surface area (Å²) in [4.78, 5) is 39.4.